The fourth-order valence-corrected chi connectivity index (χ4v) is 1.16. The first-order valence-corrected chi connectivity index (χ1v) is 5.25. The quantitative estimate of drug-likeness (QED) is 0.630. The molecule has 1 N–H and O–H groups in total. The molecule has 0 aromatic carbocycles. The Morgan fingerprint density at radius 2 is 2.27 bits per heavy atom. The van der Waals surface area contributed by atoms with E-state index in [9.17, 15) is 0 Å². The normalized spacial score (nSPS) is 12.7. The second-order valence-electron chi connectivity index (χ2n) is 3.52. The SMILES string of the molecule is CN=C(/C=C\C(C)C)c1ccc(=S)[nH]n1. The minimum absolute atomic E-state index is 0.504. The van der Waals surface area contributed by atoms with Crippen molar-refractivity contribution in [2.24, 2.45) is 10.9 Å². The van der Waals surface area contributed by atoms with Crippen molar-refractivity contribution in [2.45, 2.75) is 13.8 Å². The smallest absolute Gasteiger partial charge is 0.119 e. The minimum Gasteiger partial charge on any atom is -0.286 e. The number of aromatic nitrogens is 2. The van der Waals surface area contributed by atoms with Crippen LogP contribution >= 0.6 is 12.2 Å². The van der Waals surface area contributed by atoms with Gasteiger partial charge in [0.1, 0.15) is 10.3 Å². The maximum Gasteiger partial charge on any atom is 0.119 e. The average molecular weight is 221 g/mol. The lowest BCUT2D eigenvalue weighted by Crippen LogP contribution is -2.02. The van der Waals surface area contributed by atoms with Crippen molar-refractivity contribution < 1.29 is 0 Å². The van der Waals surface area contributed by atoms with Gasteiger partial charge in [-0.2, -0.15) is 5.10 Å². The third-order valence-corrected chi connectivity index (χ3v) is 2.05. The van der Waals surface area contributed by atoms with Crippen molar-refractivity contribution in [3.05, 3.63) is 34.6 Å². The Bertz CT molecular complexity index is 409. The van der Waals surface area contributed by atoms with Crippen LogP contribution in [0, 0.1) is 10.6 Å². The lowest BCUT2D eigenvalue weighted by Gasteiger charge is -1.99. The summed E-state index contributed by atoms with van der Waals surface area (Å²) in [6.07, 6.45) is 4.06. The predicted molar refractivity (Wildman–Crippen MR) is 65.9 cm³/mol. The third kappa shape index (κ3) is 3.75. The standard InChI is InChI=1S/C11H15N3S/c1-8(2)4-5-9(12-3)10-6-7-11(15)14-13-10/h4-8H,1-3H3,(H,14,15)/b5-4-,12-9?. The lowest BCUT2D eigenvalue weighted by molar-refractivity contribution is 0.832. The van der Waals surface area contributed by atoms with Gasteiger partial charge in [-0.25, -0.2) is 0 Å². The zero-order chi connectivity index (χ0) is 11.3. The molecule has 1 aromatic rings. The predicted octanol–water partition coefficient (Wildman–Crippen LogP) is 2.77. The van der Waals surface area contributed by atoms with Gasteiger partial charge in [0.2, 0.25) is 0 Å². The second kappa shape index (κ2) is 5.56. The summed E-state index contributed by atoms with van der Waals surface area (Å²) in [7, 11) is 1.75. The third-order valence-electron chi connectivity index (χ3n) is 1.82. The van der Waals surface area contributed by atoms with Crippen LogP contribution in [0.4, 0.5) is 0 Å². The first-order chi connectivity index (χ1) is 7.13. The summed E-state index contributed by atoms with van der Waals surface area (Å²) in [5, 5.41) is 6.87. The fraction of sp³-hybridized carbons (Fsp3) is 0.364. The van der Waals surface area contributed by atoms with Crippen LogP contribution in [0.15, 0.2) is 29.3 Å². The van der Waals surface area contributed by atoms with Crippen LogP contribution in [0.3, 0.4) is 0 Å². The van der Waals surface area contributed by atoms with Crippen LogP contribution in [0.25, 0.3) is 0 Å². The van der Waals surface area contributed by atoms with Gasteiger partial charge in [0.15, 0.2) is 0 Å². The number of nitrogens with zero attached hydrogens (tertiary/aromatic N) is 2. The van der Waals surface area contributed by atoms with Crippen LogP contribution in [0.2, 0.25) is 0 Å². The minimum atomic E-state index is 0.504. The Kier molecular flexibility index (Phi) is 4.37. The molecule has 80 valence electrons. The van der Waals surface area contributed by atoms with E-state index < -0.39 is 0 Å². The molecule has 0 unspecified atom stereocenters. The second-order valence-corrected chi connectivity index (χ2v) is 3.96. The van der Waals surface area contributed by atoms with E-state index in [-0.39, 0.29) is 0 Å². The van der Waals surface area contributed by atoms with Crippen LogP contribution in [0.1, 0.15) is 19.5 Å². The number of aliphatic imine (C=N–C) groups is 1. The maximum atomic E-state index is 4.92. The van der Waals surface area contributed by atoms with Gasteiger partial charge < -0.3 is 0 Å². The molecule has 4 heteroatoms. The summed E-state index contributed by atoms with van der Waals surface area (Å²) in [5.74, 6) is 0.504. The largest absolute Gasteiger partial charge is 0.286 e. The topological polar surface area (TPSA) is 41.0 Å². The molecular formula is C11H15N3S. The summed E-state index contributed by atoms with van der Waals surface area (Å²) < 4.78 is 0.627. The number of H-pyrrole nitrogens is 1. The molecule has 1 heterocycles. The molecule has 1 aromatic heterocycles. The Morgan fingerprint density at radius 1 is 1.53 bits per heavy atom. The number of hydrogen-bond donors (Lipinski definition) is 1. The first-order valence-electron chi connectivity index (χ1n) is 4.84. The Balaban J connectivity index is 2.94. The molecule has 0 aliphatic heterocycles. The van der Waals surface area contributed by atoms with E-state index in [1.807, 2.05) is 18.2 Å². The number of hydrogen-bond acceptors (Lipinski definition) is 3. The number of allylic oxidation sites excluding steroid dienone is 2. The van der Waals surface area contributed by atoms with E-state index in [0.717, 1.165) is 11.4 Å². The molecule has 1 rings (SSSR count). The molecular weight excluding hydrogens is 206 g/mol. The van der Waals surface area contributed by atoms with E-state index in [1.54, 1.807) is 7.05 Å². The van der Waals surface area contributed by atoms with Gasteiger partial charge >= 0.3 is 0 Å². The highest BCUT2D eigenvalue weighted by molar-refractivity contribution is 7.71. The maximum absolute atomic E-state index is 4.92. The highest BCUT2D eigenvalue weighted by atomic mass is 32.1. The van der Waals surface area contributed by atoms with Gasteiger partial charge in [0, 0.05) is 7.05 Å². The molecule has 0 saturated carbocycles. The van der Waals surface area contributed by atoms with Crippen molar-refractivity contribution in [1.82, 2.24) is 10.2 Å². The van der Waals surface area contributed by atoms with Gasteiger partial charge in [-0.15, -0.1) is 0 Å². The molecule has 0 saturated heterocycles. The van der Waals surface area contributed by atoms with Gasteiger partial charge in [-0.1, -0.05) is 32.1 Å². The van der Waals surface area contributed by atoms with Crippen molar-refractivity contribution >= 4 is 17.9 Å². The Morgan fingerprint density at radius 3 is 2.73 bits per heavy atom. The van der Waals surface area contributed by atoms with Crippen LogP contribution < -0.4 is 0 Å². The van der Waals surface area contributed by atoms with Crippen LogP contribution in [0.5, 0.6) is 0 Å². The summed E-state index contributed by atoms with van der Waals surface area (Å²) in [6, 6.07) is 3.68. The van der Waals surface area contributed by atoms with Crippen molar-refractivity contribution in [3.8, 4) is 0 Å². The van der Waals surface area contributed by atoms with Crippen molar-refractivity contribution in [2.75, 3.05) is 7.05 Å². The summed E-state index contributed by atoms with van der Waals surface area (Å²) in [4.78, 5) is 4.17. The Hall–Kier alpha value is -1.29. The van der Waals surface area contributed by atoms with Gasteiger partial charge in [0.25, 0.3) is 0 Å². The molecule has 3 nitrogen and oxygen atoms in total. The van der Waals surface area contributed by atoms with Crippen LogP contribution in [-0.2, 0) is 0 Å². The number of nitrogens with one attached hydrogen (secondary N) is 1. The Labute approximate surface area is 95.0 Å². The zero-order valence-corrected chi connectivity index (χ0v) is 10.0. The molecule has 0 bridgehead atoms. The van der Waals surface area contributed by atoms with E-state index in [2.05, 4.69) is 35.1 Å². The molecule has 15 heavy (non-hydrogen) atoms. The van der Waals surface area contributed by atoms with E-state index in [4.69, 9.17) is 12.2 Å². The van der Waals surface area contributed by atoms with Gasteiger partial charge in [-0.05, 0) is 24.1 Å². The van der Waals surface area contributed by atoms with Crippen LogP contribution in [-0.4, -0.2) is 23.0 Å². The summed E-state index contributed by atoms with van der Waals surface area (Å²) in [6.45, 7) is 4.24. The lowest BCUT2D eigenvalue weighted by atomic mass is 10.1. The van der Waals surface area contributed by atoms with Crippen molar-refractivity contribution in [1.29, 1.82) is 0 Å². The highest BCUT2D eigenvalue weighted by Gasteiger charge is 1.99. The molecule has 0 aliphatic rings. The average Bonchev–Trinajstić information content (AvgIpc) is 2.21. The fourth-order valence-electron chi connectivity index (χ4n) is 1.05. The molecule has 0 amide bonds. The highest BCUT2D eigenvalue weighted by Crippen LogP contribution is 2.01. The van der Waals surface area contributed by atoms with E-state index >= 15 is 0 Å². The number of aromatic amines is 1. The van der Waals surface area contributed by atoms with E-state index in [0.29, 0.717) is 10.6 Å². The molecule has 0 fully saturated rings. The molecule has 0 atom stereocenters. The van der Waals surface area contributed by atoms with Gasteiger partial charge in [-0.3, -0.25) is 10.1 Å². The monoisotopic (exact) mass is 221 g/mol. The summed E-state index contributed by atoms with van der Waals surface area (Å²) >= 11 is 4.92. The molecule has 0 spiro atoms. The zero-order valence-electron chi connectivity index (χ0n) is 9.19. The number of rotatable bonds is 3. The van der Waals surface area contributed by atoms with E-state index in [1.165, 1.54) is 0 Å². The van der Waals surface area contributed by atoms with Crippen molar-refractivity contribution in [3.63, 3.8) is 0 Å². The first kappa shape index (κ1) is 11.8. The van der Waals surface area contributed by atoms with Gasteiger partial charge in [0.05, 0.1) is 5.71 Å². The molecule has 0 radical (unpaired) electrons. The summed E-state index contributed by atoms with van der Waals surface area (Å²) in [5.41, 5.74) is 1.66. The molecule has 0 aliphatic carbocycles.